The number of halogens is 2. The van der Waals surface area contributed by atoms with E-state index in [4.69, 9.17) is 0 Å². The van der Waals surface area contributed by atoms with E-state index in [1.807, 2.05) is 0 Å². The van der Waals surface area contributed by atoms with E-state index >= 15 is 0 Å². The average molecular weight is 406 g/mol. The summed E-state index contributed by atoms with van der Waals surface area (Å²) in [5.74, 6) is 0. The summed E-state index contributed by atoms with van der Waals surface area (Å²) in [6, 6.07) is 10.0. The highest BCUT2D eigenvalue weighted by atomic mass is 79.9. The number of hydrogen-bond acceptors (Lipinski definition) is 3. The number of nitrogens with zero attached hydrogens (tertiary/aromatic N) is 1. The summed E-state index contributed by atoms with van der Waals surface area (Å²) >= 11 is 6.47. The Labute approximate surface area is 128 Å². The van der Waals surface area contributed by atoms with Gasteiger partial charge in [-0.2, -0.15) is 0 Å². The van der Waals surface area contributed by atoms with Crippen LogP contribution < -0.4 is 4.72 Å². The normalized spacial score (nSPS) is 11.3. The van der Waals surface area contributed by atoms with Crippen molar-refractivity contribution in [3.8, 4) is 0 Å². The molecule has 0 aliphatic carbocycles. The molecule has 1 aromatic carbocycles. The van der Waals surface area contributed by atoms with Crippen molar-refractivity contribution in [2.24, 2.45) is 0 Å². The number of pyridine rings is 1. The predicted octanol–water partition coefficient (Wildman–Crippen LogP) is 3.72. The van der Waals surface area contributed by atoms with Crippen molar-refractivity contribution in [1.82, 2.24) is 4.98 Å². The average Bonchev–Trinajstić information content (AvgIpc) is 2.33. The number of aromatic nitrogens is 1. The molecule has 0 amide bonds. The fourth-order valence-corrected chi connectivity index (χ4v) is 4.02. The van der Waals surface area contributed by atoms with Crippen LogP contribution in [-0.2, 0) is 10.0 Å². The molecule has 0 radical (unpaired) electrons. The van der Waals surface area contributed by atoms with Gasteiger partial charge in [0.05, 0.1) is 11.4 Å². The van der Waals surface area contributed by atoms with Gasteiger partial charge in [-0.05, 0) is 63.0 Å². The molecular formula is C12H10Br2N2O2S. The van der Waals surface area contributed by atoms with E-state index in [2.05, 4.69) is 41.6 Å². The zero-order chi connectivity index (χ0) is 14.0. The van der Waals surface area contributed by atoms with Crippen LogP contribution in [-0.4, -0.2) is 13.4 Å². The van der Waals surface area contributed by atoms with Gasteiger partial charge in [0.15, 0.2) is 0 Å². The Bertz CT molecular complexity index is 717. The Morgan fingerprint density at radius 1 is 1.11 bits per heavy atom. The number of benzene rings is 1. The van der Waals surface area contributed by atoms with E-state index < -0.39 is 10.0 Å². The number of anilines is 1. The van der Waals surface area contributed by atoms with Crippen molar-refractivity contribution in [1.29, 1.82) is 0 Å². The van der Waals surface area contributed by atoms with Crippen molar-refractivity contribution >= 4 is 47.6 Å². The first-order valence-electron chi connectivity index (χ1n) is 5.30. The highest BCUT2D eigenvalue weighted by Gasteiger charge is 2.18. The molecule has 0 saturated heterocycles. The lowest BCUT2D eigenvalue weighted by Gasteiger charge is -2.11. The van der Waals surface area contributed by atoms with Crippen LogP contribution in [0.15, 0.2) is 50.4 Å². The standard InChI is InChI=1S/C12H10Br2N2O2S/c1-8-10(6-7-12(14)15-8)16-19(17,18)11-5-3-2-4-9(11)13/h2-7,16H,1H3. The summed E-state index contributed by atoms with van der Waals surface area (Å²) in [7, 11) is -3.63. The van der Waals surface area contributed by atoms with Crippen LogP contribution in [0.25, 0.3) is 0 Å². The van der Waals surface area contributed by atoms with Crippen LogP contribution in [0.4, 0.5) is 5.69 Å². The van der Waals surface area contributed by atoms with Crippen LogP contribution in [0.2, 0.25) is 0 Å². The van der Waals surface area contributed by atoms with Crippen molar-refractivity contribution in [2.75, 3.05) is 4.72 Å². The van der Waals surface area contributed by atoms with E-state index in [1.54, 1.807) is 37.3 Å². The molecule has 7 heteroatoms. The van der Waals surface area contributed by atoms with Crippen LogP contribution in [0.3, 0.4) is 0 Å². The number of rotatable bonds is 3. The maximum Gasteiger partial charge on any atom is 0.263 e. The molecule has 100 valence electrons. The Kier molecular flexibility index (Phi) is 4.27. The predicted molar refractivity (Wildman–Crippen MR) is 81.6 cm³/mol. The molecule has 0 fully saturated rings. The first kappa shape index (κ1) is 14.5. The fourth-order valence-electron chi connectivity index (χ4n) is 1.50. The SMILES string of the molecule is Cc1nc(Br)ccc1NS(=O)(=O)c1ccccc1Br. The van der Waals surface area contributed by atoms with E-state index in [-0.39, 0.29) is 4.90 Å². The Morgan fingerprint density at radius 2 is 1.79 bits per heavy atom. The largest absolute Gasteiger partial charge is 0.278 e. The maximum atomic E-state index is 12.3. The molecule has 0 aliphatic rings. The summed E-state index contributed by atoms with van der Waals surface area (Å²) in [4.78, 5) is 4.34. The quantitative estimate of drug-likeness (QED) is 0.791. The van der Waals surface area contributed by atoms with Gasteiger partial charge < -0.3 is 0 Å². The first-order chi connectivity index (χ1) is 8.90. The summed E-state index contributed by atoms with van der Waals surface area (Å²) in [5.41, 5.74) is 1.06. The molecule has 0 aliphatic heterocycles. The third-order valence-electron chi connectivity index (χ3n) is 2.42. The van der Waals surface area contributed by atoms with Gasteiger partial charge in [0.2, 0.25) is 0 Å². The summed E-state index contributed by atoms with van der Waals surface area (Å²) in [6.45, 7) is 1.74. The Morgan fingerprint density at radius 3 is 2.42 bits per heavy atom. The van der Waals surface area contributed by atoms with Crippen molar-refractivity contribution in [3.05, 3.63) is 51.2 Å². The van der Waals surface area contributed by atoms with Gasteiger partial charge in [-0.25, -0.2) is 13.4 Å². The molecule has 2 aromatic rings. The first-order valence-corrected chi connectivity index (χ1v) is 8.37. The van der Waals surface area contributed by atoms with Crippen molar-refractivity contribution < 1.29 is 8.42 Å². The minimum absolute atomic E-state index is 0.192. The second kappa shape index (κ2) is 5.60. The summed E-state index contributed by atoms with van der Waals surface area (Å²) in [6.07, 6.45) is 0. The minimum Gasteiger partial charge on any atom is -0.278 e. The topological polar surface area (TPSA) is 59.1 Å². The highest BCUT2D eigenvalue weighted by molar-refractivity contribution is 9.10. The smallest absolute Gasteiger partial charge is 0.263 e. The van der Waals surface area contributed by atoms with Crippen LogP contribution in [0.1, 0.15) is 5.69 Å². The lowest BCUT2D eigenvalue weighted by Crippen LogP contribution is -2.14. The van der Waals surface area contributed by atoms with Gasteiger partial charge in [0.25, 0.3) is 10.0 Å². The third kappa shape index (κ3) is 3.34. The maximum absolute atomic E-state index is 12.3. The van der Waals surface area contributed by atoms with Gasteiger partial charge >= 0.3 is 0 Å². The minimum atomic E-state index is -3.63. The molecule has 4 nitrogen and oxygen atoms in total. The number of nitrogens with one attached hydrogen (secondary N) is 1. The van der Waals surface area contributed by atoms with Crippen molar-refractivity contribution in [2.45, 2.75) is 11.8 Å². The Balaban J connectivity index is 2.40. The third-order valence-corrected chi connectivity index (χ3v) is 5.24. The molecule has 0 atom stereocenters. The molecule has 1 heterocycles. The van der Waals surface area contributed by atoms with Crippen LogP contribution >= 0.6 is 31.9 Å². The second-order valence-electron chi connectivity index (χ2n) is 3.80. The van der Waals surface area contributed by atoms with E-state index in [0.29, 0.717) is 20.5 Å². The molecule has 1 aromatic heterocycles. The zero-order valence-corrected chi connectivity index (χ0v) is 13.9. The number of aryl methyl sites for hydroxylation is 1. The number of hydrogen-bond donors (Lipinski definition) is 1. The van der Waals surface area contributed by atoms with Gasteiger partial charge in [0, 0.05) is 4.47 Å². The molecule has 19 heavy (non-hydrogen) atoms. The van der Waals surface area contributed by atoms with E-state index in [0.717, 1.165) is 0 Å². The van der Waals surface area contributed by atoms with Crippen LogP contribution in [0, 0.1) is 6.92 Å². The number of sulfonamides is 1. The molecule has 2 rings (SSSR count). The molecule has 0 unspecified atom stereocenters. The molecule has 1 N–H and O–H groups in total. The van der Waals surface area contributed by atoms with Gasteiger partial charge in [-0.1, -0.05) is 12.1 Å². The molecule has 0 spiro atoms. The monoisotopic (exact) mass is 404 g/mol. The van der Waals surface area contributed by atoms with Gasteiger partial charge in [-0.15, -0.1) is 0 Å². The Hall–Kier alpha value is -0.920. The molecule has 0 saturated carbocycles. The second-order valence-corrected chi connectivity index (χ2v) is 7.12. The van der Waals surface area contributed by atoms with E-state index in [1.165, 1.54) is 6.07 Å². The molecular weight excluding hydrogens is 396 g/mol. The van der Waals surface area contributed by atoms with Gasteiger partial charge in [-0.3, -0.25) is 4.72 Å². The summed E-state index contributed by atoms with van der Waals surface area (Å²) < 4.78 is 28.3. The lowest BCUT2D eigenvalue weighted by atomic mass is 10.3. The van der Waals surface area contributed by atoms with E-state index in [9.17, 15) is 8.42 Å². The lowest BCUT2D eigenvalue weighted by molar-refractivity contribution is 0.600. The summed E-state index contributed by atoms with van der Waals surface area (Å²) in [5, 5.41) is 0. The van der Waals surface area contributed by atoms with Crippen LogP contribution in [0.5, 0.6) is 0 Å². The van der Waals surface area contributed by atoms with Gasteiger partial charge in [0.1, 0.15) is 9.50 Å². The van der Waals surface area contributed by atoms with Crippen molar-refractivity contribution in [3.63, 3.8) is 0 Å². The molecule has 0 bridgehead atoms. The highest BCUT2D eigenvalue weighted by Crippen LogP contribution is 2.25. The fraction of sp³-hybridized carbons (Fsp3) is 0.0833. The zero-order valence-electron chi connectivity index (χ0n) is 9.89.